The van der Waals surface area contributed by atoms with Gasteiger partial charge < -0.3 is 10.1 Å². The molecule has 0 aliphatic heterocycles. The third kappa shape index (κ3) is 6.39. The summed E-state index contributed by atoms with van der Waals surface area (Å²) in [6.07, 6.45) is 4.79. The van der Waals surface area contributed by atoms with Crippen molar-refractivity contribution in [3.63, 3.8) is 0 Å². The zero-order valence-electron chi connectivity index (χ0n) is 11.1. The Morgan fingerprint density at radius 2 is 1.88 bits per heavy atom. The van der Waals surface area contributed by atoms with Gasteiger partial charge >= 0.3 is 0 Å². The Labute approximate surface area is 105 Å². The molecule has 0 radical (unpaired) electrons. The monoisotopic (exact) mass is 236 g/mol. The summed E-state index contributed by atoms with van der Waals surface area (Å²) in [5, 5.41) is 3.43. The van der Waals surface area contributed by atoms with E-state index < -0.39 is 0 Å². The average molecular weight is 236 g/mol. The van der Waals surface area contributed by atoms with Gasteiger partial charge in [0.1, 0.15) is 0 Å². The molecule has 1 heterocycles. The van der Waals surface area contributed by atoms with Crippen molar-refractivity contribution in [2.24, 2.45) is 5.92 Å². The molecule has 0 saturated carbocycles. The van der Waals surface area contributed by atoms with E-state index in [2.05, 4.69) is 31.1 Å². The minimum atomic E-state index is 0.353. The van der Waals surface area contributed by atoms with E-state index in [9.17, 15) is 0 Å². The van der Waals surface area contributed by atoms with Crippen LogP contribution in [0.3, 0.4) is 0 Å². The quantitative estimate of drug-likeness (QED) is 0.705. The first kappa shape index (κ1) is 14.1. The second-order valence-electron chi connectivity index (χ2n) is 4.75. The largest absolute Gasteiger partial charge is 0.380 e. The predicted octanol–water partition coefficient (Wildman–Crippen LogP) is 2.79. The van der Waals surface area contributed by atoms with E-state index in [1.165, 1.54) is 5.56 Å². The minimum absolute atomic E-state index is 0.353. The van der Waals surface area contributed by atoms with Crippen molar-refractivity contribution in [2.75, 3.05) is 19.8 Å². The molecule has 17 heavy (non-hydrogen) atoms. The second kappa shape index (κ2) is 8.20. The molecule has 1 atom stereocenters. The maximum atomic E-state index is 5.56. The van der Waals surface area contributed by atoms with Crippen LogP contribution in [0.5, 0.6) is 0 Å². The first-order valence-electron chi connectivity index (χ1n) is 6.41. The smallest absolute Gasteiger partial charge is 0.0591 e. The van der Waals surface area contributed by atoms with Gasteiger partial charge in [0.25, 0.3) is 0 Å². The summed E-state index contributed by atoms with van der Waals surface area (Å²) in [7, 11) is 0. The Morgan fingerprint density at radius 3 is 2.53 bits per heavy atom. The summed E-state index contributed by atoms with van der Waals surface area (Å²) in [5.74, 6) is 0.721. The number of hydrogen-bond donors (Lipinski definition) is 1. The summed E-state index contributed by atoms with van der Waals surface area (Å²) in [6.45, 7) is 9.12. The van der Waals surface area contributed by atoms with Gasteiger partial charge in [-0.25, -0.2) is 0 Å². The van der Waals surface area contributed by atoms with Gasteiger partial charge in [-0.15, -0.1) is 0 Å². The summed E-state index contributed by atoms with van der Waals surface area (Å²) in [4.78, 5) is 4.01. The Hall–Kier alpha value is -0.930. The van der Waals surface area contributed by atoms with Gasteiger partial charge in [-0.1, -0.05) is 13.8 Å². The molecule has 0 aromatic carbocycles. The number of aromatic nitrogens is 1. The van der Waals surface area contributed by atoms with Crippen molar-refractivity contribution in [1.82, 2.24) is 10.3 Å². The van der Waals surface area contributed by atoms with Crippen molar-refractivity contribution in [2.45, 2.75) is 33.2 Å². The van der Waals surface area contributed by atoms with Gasteiger partial charge in [-0.2, -0.15) is 0 Å². The topological polar surface area (TPSA) is 34.1 Å². The van der Waals surface area contributed by atoms with E-state index >= 15 is 0 Å². The molecule has 1 N–H and O–H groups in total. The van der Waals surface area contributed by atoms with E-state index in [1.54, 1.807) is 0 Å². The highest BCUT2D eigenvalue weighted by molar-refractivity contribution is 5.13. The summed E-state index contributed by atoms with van der Waals surface area (Å²) in [6, 6.07) is 4.43. The van der Waals surface area contributed by atoms with Crippen LogP contribution >= 0.6 is 0 Å². The number of hydrogen-bond acceptors (Lipinski definition) is 3. The van der Waals surface area contributed by atoms with Crippen molar-refractivity contribution >= 4 is 0 Å². The summed E-state index contributed by atoms with van der Waals surface area (Å²) < 4.78 is 5.56. The maximum absolute atomic E-state index is 5.56. The Bertz CT molecular complexity index is 288. The summed E-state index contributed by atoms with van der Waals surface area (Å²) in [5.41, 5.74) is 1.27. The normalized spacial score (nSPS) is 12.9. The zero-order chi connectivity index (χ0) is 12.5. The average Bonchev–Trinajstić information content (AvgIpc) is 2.34. The third-order valence-electron chi connectivity index (χ3n) is 2.74. The number of nitrogens with one attached hydrogen (secondary N) is 1. The third-order valence-corrected chi connectivity index (χ3v) is 2.74. The van der Waals surface area contributed by atoms with Gasteiger partial charge in [0.05, 0.1) is 6.61 Å². The van der Waals surface area contributed by atoms with Crippen LogP contribution in [0.15, 0.2) is 24.5 Å². The Kier molecular flexibility index (Phi) is 6.82. The van der Waals surface area contributed by atoms with Crippen LogP contribution in [0.2, 0.25) is 0 Å². The molecule has 0 fully saturated rings. The van der Waals surface area contributed by atoms with Gasteiger partial charge in [0.15, 0.2) is 0 Å². The highest BCUT2D eigenvalue weighted by Crippen LogP contribution is 2.09. The summed E-state index contributed by atoms with van der Waals surface area (Å²) >= 11 is 0. The number of nitrogens with zero attached hydrogens (tertiary/aromatic N) is 1. The van der Waals surface area contributed by atoms with Gasteiger partial charge in [-0.05, 0) is 37.0 Å². The molecule has 1 rings (SSSR count). The lowest BCUT2D eigenvalue weighted by Gasteiger charge is -2.14. The SMILES string of the molecule is CC(C)CCOCCN[C@@H](C)c1ccncc1. The van der Waals surface area contributed by atoms with E-state index in [-0.39, 0.29) is 0 Å². The Balaban J connectivity index is 2.07. The highest BCUT2D eigenvalue weighted by Gasteiger charge is 2.02. The molecule has 0 bridgehead atoms. The molecule has 96 valence electrons. The number of rotatable bonds is 8. The van der Waals surface area contributed by atoms with Crippen LogP contribution in [-0.2, 0) is 4.74 Å². The lowest BCUT2D eigenvalue weighted by molar-refractivity contribution is 0.123. The second-order valence-corrected chi connectivity index (χ2v) is 4.75. The zero-order valence-corrected chi connectivity index (χ0v) is 11.1. The van der Waals surface area contributed by atoms with Crippen LogP contribution in [0.1, 0.15) is 38.8 Å². The van der Waals surface area contributed by atoms with Gasteiger partial charge in [-0.3, -0.25) is 4.98 Å². The van der Waals surface area contributed by atoms with Gasteiger partial charge in [0.2, 0.25) is 0 Å². The van der Waals surface area contributed by atoms with E-state index in [4.69, 9.17) is 4.74 Å². The first-order chi connectivity index (χ1) is 8.20. The maximum Gasteiger partial charge on any atom is 0.0591 e. The predicted molar refractivity (Wildman–Crippen MR) is 70.9 cm³/mol. The molecule has 0 amide bonds. The molecule has 1 aromatic heterocycles. The minimum Gasteiger partial charge on any atom is -0.380 e. The number of ether oxygens (including phenoxy) is 1. The van der Waals surface area contributed by atoms with E-state index in [1.807, 2.05) is 24.5 Å². The van der Waals surface area contributed by atoms with Crippen molar-refractivity contribution in [3.05, 3.63) is 30.1 Å². The molecule has 0 aliphatic carbocycles. The molecule has 3 heteroatoms. The molecule has 1 aromatic rings. The van der Waals surface area contributed by atoms with E-state index in [0.717, 1.165) is 32.1 Å². The highest BCUT2D eigenvalue weighted by atomic mass is 16.5. The van der Waals surface area contributed by atoms with Crippen LogP contribution in [0.4, 0.5) is 0 Å². The lowest BCUT2D eigenvalue weighted by atomic mass is 10.1. The van der Waals surface area contributed by atoms with Crippen LogP contribution in [0.25, 0.3) is 0 Å². The fourth-order valence-electron chi connectivity index (χ4n) is 1.54. The lowest BCUT2D eigenvalue weighted by Crippen LogP contribution is -2.23. The van der Waals surface area contributed by atoms with Crippen molar-refractivity contribution < 1.29 is 4.74 Å². The van der Waals surface area contributed by atoms with E-state index in [0.29, 0.717) is 6.04 Å². The van der Waals surface area contributed by atoms with Crippen LogP contribution in [-0.4, -0.2) is 24.7 Å². The molecule has 0 spiro atoms. The molecule has 0 saturated heterocycles. The van der Waals surface area contributed by atoms with Crippen LogP contribution < -0.4 is 5.32 Å². The van der Waals surface area contributed by atoms with Gasteiger partial charge in [0, 0.05) is 31.6 Å². The van der Waals surface area contributed by atoms with Crippen molar-refractivity contribution in [3.8, 4) is 0 Å². The molecular weight excluding hydrogens is 212 g/mol. The fraction of sp³-hybridized carbons (Fsp3) is 0.643. The molecular formula is C14H24N2O. The molecule has 0 aliphatic rings. The Morgan fingerprint density at radius 1 is 1.18 bits per heavy atom. The van der Waals surface area contributed by atoms with Crippen LogP contribution in [0, 0.1) is 5.92 Å². The standard InChI is InChI=1S/C14H24N2O/c1-12(2)6-10-17-11-9-16-13(3)14-4-7-15-8-5-14/h4-5,7-8,12-13,16H,6,9-11H2,1-3H3/t13-/m0/s1. The molecule has 0 unspecified atom stereocenters. The van der Waals surface area contributed by atoms with Crippen molar-refractivity contribution in [1.29, 1.82) is 0 Å². The fourth-order valence-corrected chi connectivity index (χ4v) is 1.54. The number of pyridine rings is 1. The molecule has 3 nitrogen and oxygen atoms in total. The first-order valence-corrected chi connectivity index (χ1v) is 6.41.